The molecule has 0 bridgehead atoms. The van der Waals surface area contributed by atoms with E-state index < -0.39 is 12.0 Å². The van der Waals surface area contributed by atoms with E-state index in [1.807, 2.05) is 0 Å². The lowest BCUT2D eigenvalue weighted by Gasteiger charge is -2.25. The molecule has 1 saturated carbocycles. The summed E-state index contributed by atoms with van der Waals surface area (Å²) in [5, 5.41) is 11.7. The zero-order chi connectivity index (χ0) is 15.4. The van der Waals surface area contributed by atoms with Crippen LogP contribution >= 0.6 is 0 Å². The predicted octanol–water partition coefficient (Wildman–Crippen LogP) is 1.38. The number of carbonyl (C=O) groups excluding carboxylic acids is 1. The molecule has 0 aliphatic heterocycles. The normalized spacial score (nSPS) is 15.8. The lowest BCUT2D eigenvalue weighted by Crippen LogP contribution is -2.46. The molecule has 1 aliphatic carbocycles. The Balaban J connectivity index is 1.88. The van der Waals surface area contributed by atoms with Crippen molar-refractivity contribution in [2.75, 3.05) is 6.54 Å². The number of hydrogen-bond donors (Lipinski definition) is 2. The summed E-state index contributed by atoms with van der Waals surface area (Å²) in [4.78, 5) is 24.7. The third kappa shape index (κ3) is 4.26. The van der Waals surface area contributed by atoms with Gasteiger partial charge >= 0.3 is 5.97 Å². The molecular weight excluding hydrogens is 275 g/mol. The van der Waals surface area contributed by atoms with Crippen LogP contribution in [0.1, 0.15) is 25.3 Å². The Hall–Kier alpha value is -1.95. The van der Waals surface area contributed by atoms with Gasteiger partial charge in [0.15, 0.2) is 0 Å². The summed E-state index contributed by atoms with van der Waals surface area (Å²) in [5.74, 6) is -1.60. The van der Waals surface area contributed by atoms with Crippen LogP contribution in [0.15, 0.2) is 24.3 Å². The second-order valence-corrected chi connectivity index (χ2v) is 5.29. The summed E-state index contributed by atoms with van der Waals surface area (Å²) in [6.07, 6.45) is 1.83. The molecule has 21 heavy (non-hydrogen) atoms. The molecule has 1 amide bonds. The van der Waals surface area contributed by atoms with E-state index >= 15 is 0 Å². The first kappa shape index (κ1) is 15.4. The Morgan fingerprint density at radius 1 is 1.43 bits per heavy atom. The van der Waals surface area contributed by atoms with E-state index in [1.165, 1.54) is 6.07 Å². The zero-order valence-corrected chi connectivity index (χ0v) is 11.9. The van der Waals surface area contributed by atoms with Crippen molar-refractivity contribution in [3.8, 4) is 0 Å². The molecule has 2 rings (SSSR count). The number of halogens is 1. The Kier molecular flexibility index (Phi) is 4.90. The van der Waals surface area contributed by atoms with Crippen molar-refractivity contribution < 1.29 is 19.1 Å². The van der Waals surface area contributed by atoms with Gasteiger partial charge in [-0.3, -0.25) is 14.5 Å². The van der Waals surface area contributed by atoms with Crippen LogP contribution in [0.2, 0.25) is 0 Å². The molecule has 6 heteroatoms. The fourth-order valence-electron chi connectivity index (χ4n) is 2.19. The van der Waals surface area contributed by atoms with Gasteiger partial charge in [0.25, 0.3) is 0 Å². The molecule has 0 radical (unpaired) electrons. The second kappa shape index (κ2) is 6.67. The number of nitrogens with one attached hydrogen (secondary N) is 1. The molecule has 1 unspecified atom stereocenters. The maximum Gasteiger partial charge on any atom is 0.320 e. The maximum absolute atomic E-state index is 13.4. The average Bonchev–Trinajstić information content (AvgIpc) is 3.27. The number of benzene rings is 1. The summed E-state index contributed by atoms with van der Waals surface area (Å²) in [7, 11) is 0. The van der Waals surface area contributed by atoms with Gasteiger partial charge in [-0.05, 0) is 25.8 Å². The monoisotopic (exact) mass is 294 g/mol. The van der Waals surface area contributed by atoms with Gasteiger partial charge in [-0.2, -0.15) is 0 Å². The first-order valence-electron chi connectivity index (χ1n) is 6.97. The molecular formula is C15H19FN2O3. The quantitative estimate of drug-likeness (QED) is 0.797. The van der Waals surface area contributed by atoms with Crippen LogP contribution in [-0.4, -0.2) is 40.5 Å². The van der Waals surface area contributed by atoms with Crippen molar-refractivity contribution in [1.82, 2.24) is 10.2 Å². The smallest absolute Gasteiger partial charge is 0.320 e. The fourth-order valence-corrected chi connectivity index (χ4v) is 2.19. The number of amides is 1. The zero-order valence-electron chi connectivity index (χ0n) is 11.9. The van der Waals surface area contributed by atoms with Gasteiger partial charge in [-0.25, -0.2) is 4.39 Å². The molecule has 1 aromatic carbocycles. The van der Waals surface area contributed by atoms with Crippen LogP contribution in [-0.2, 0) is 16.1 Å². The first-order valence-corrected chi connectivity index (χ1v) is 6.97. The number of hydrogen-bond acceptors (Lipinski definition) is 3. The average molecular weight is 294 g/mol. The van der Waals surface area contributed by atoms with E-state index in [-0.39, 0.29) is 30.9 Å². The summed E-state index contributed by atoms with van der Waals surface area (Å²) in [5.41, 5.74) is 0.412. The molecule has 1 fully saturated rings. The molecule has 0 aromatic heterocycles. The van der Waals surface area contributed by atoms with E-state index in [2.05, 4.69) is 5.32 Å². The minimum absolute atomic E-state index is 0.0204. The topological polar surface area (TPSA) is 69.6 Å². The van der Waals surface area contributed by atoms with Crippen LogP contribution in [0.4, 0.5) is 4.39 Å². The van der Waals surface area contributed by atoms with Crippen molar-refractivity contribution in [2.24, 2.45) is 0 Å². The van der Waals surface area contributed by atoms with Gasteiger partial charge in [0.1, 0.15) is 11.9 Å². The molecule has 2 N–H and O–H groups in total. The largest absolute Gasteiger partial charge is 0.480 e. The summed E-state index contributed by atoms with van der Waals surface area (Å²) in [6, 6.07) is 5.70. The highest BCUT2D eigenvalue weighted by Gasteiger charge is 2.36. The number of carbonyl (C=O) groups is 2. The minimum atomic E-state index is -0.941. The highest BCUT2D eigenvalue weighted by molar-refractivity contribution is 5.80. The third-order valence-electron chi connectivity index (χ3n) is 3.63. The molecule has 0 saturated heterocycles. The van der Waals surface area contributed by atoms with E-state index in [1.54, 1.807) is 30.0 Å². The standard InChI is InChI=1S/C15H19FN2O3/c1-10(15(20)21)18(12-6-7-12)9-14(19)17-8-11-4-2-3-5-13(11)16/h2-5,10,12H,6-9H2,1H3,(H,17,19)(H,20,21). The number of nitrogens with zero attached hydrogens (tertiary/aromatic N) is 1. The summed E-state index contributed by atoms with van der Waals surface area (Å²) in [6.45, 7) is 1.70. The van der Waals surface area contributed by atoms with E-state index in [4.69, 9.17) is 5.11 Å². The van der Waals surface area contributed by atoms with Crippen molar-refractivity contribution in [3.05, 3.63) is 35.6 Å². The molecule has 0 heterocycles. The predicted molar refractivity (Wildman–Crippen MR) is 75.1 cm³/mol. The first-order chi connectivity index (χ1) is 9.99. The summed E-state index contributed by atoms with van der Waals surface area (Å²) >= 11 is 0. The Bertz CT molecular complexity index is 531. The molecule has 1 aromatic rings. The molecule has 0 spiro atoms. The van der Waals surface area contributed by atoms with Gasteiger partial charge in [0.2, 0.25) is 5.91 Å². The molecule has 114 valence electrons. The van der Waals surface area contributed by atoms with Gasteiger partial charge < -0.3 is 10.4 Å². The van der Waals surface area contributed by atoms with E-state index in [9.17, 15) is 14.0 Å². The summed E-state index contributed by atoms with van der Waals surface area (Å²) < 4.78 is 13.4. The number of carboxylic acids is 1. The van der Waals surface area contributed by atoms with Crippen molar-refractivity contribution in [1.29, 1.82) is 0 Å². The highest BCUT2D eigenvalue weighted by Crippen LogP contribution is 2.28. The number of aliphatic carboxylic acids is 1. The van der Waals surface area contributed by atoms with Crippen LogP contribution in [0, 0.1) is 5.82 Å². The van der Waals surface area contributed by atoms with Crippen molar-refractivity contribution in [2.45, 2.75) is 38.4 Å². The van der Waals surface area contributed by atoms with Crippen LogP contribution in [0.3, 0.4) is 0 Å². The SMILES string of the molecule is CC(C(=O)O)N(CC(=O)NCc1ccccc1F)C1CC1. The van der Waals surface area contributed by atoms with E-state index in [0.29, 0.717) is 5.56 Å². The van der Waals surface area contributed by atoms with Crippen molar-refractivity contribution in [3.63, 3.8) is 0 Å². The lowest BCUT2D eigenvalue weighted by molar-refractivity contribution is -0.143. The maximum atomic E-state index is 13.4. The fraction of sp³-hybridized carbons (Fsp3) is 0.467. The highest BCUT2D eigenvalue weighted by atomic mass is 19.1. The van der Waals surface area contributed by atoms with Gasteiger partial charge in [-0.15, -0.1) is 0 Å². The van der Waals surface area contributed by atoms with Crippen LogP contribution < -0.4 is 5.32 Å². The lowest BCUT2D eigenvalue weighted by atomic mass is 10.2. The molecule has 1 atom stereocenters. The van der Waals surface area contributed by atoms with Gasteiger partial charge in [-0.1, -0.05) is 18.2 Å². The van der Waals surface area contributed by atoms with Crippen molar-refractivity contribution >= 4 is 11.9 Å². The van der Waals surface area contributed by atoms with Gasteiger partial charge in [0, 0.05) is 18.2 Å². The third-order valence-corrected chi connectivity index (χ3v) is 3.63. The Morgan fingerprint density at radius 2 is 2.10 bits per heavy atom. The molecule has 1 aliphatic rings. The number of rotatable bonds is 7. The minimum Gasteiger partial charge on any atom is -0.480 e. The van der Waals surface area contributed by atoms with Gasteiger partial charge in [0.05, 0.1) is 6.54 Å². The second-order valence-electron chi connectivity index (χ2n) is 5.29. The van der Waals surface area contributed by atoms with E-state index in [0.717, 1.165) is 12.8 Å². The van der Waals surface area contributed by atoms with Crippen LogP contribution in [0.25, 0.3) is 0 Å². The van der Waals surface area contributed by atoms with Crippen LogP contribution in [0.5, 0.6) is 0 Å². The Morgan fingerprint density at radius 3 is 2.67 bits per heavy atom. The molecule has 5 nitrogen and oxygen atoms in total. The Labute approximate surface area is 122 Å². The number of carboxylic acid groups (broad SMARTS) is 1.